The highest BCUT2D eigenvalue weighted by Gasteiger charge is 2.53. The monoisotopic (exact) mass is 1160 g/mol. The maximum atomic E-state index is 13.3. The predicted octanol–water partition coefficient (Wildman–Crippen LogP) is 6.71. The number of nitrogens with one attached hydrogen (secondary N) is 1. The molecule has 17 unspecified atom stereocenters. The summed E-state index contributed by atoms with van der Waals surface area (Å²) in [5, 5.41) is 120. The van der Waals surface area contributed by atoms with Gasteiger partial charge >= 0.3 is 0 Å². The van der Waals surface area contributed by atoms with Crippen molar-refractivity contribution in [3.63, 3.8) is 0 Å². The molecule has 81 heavy (non-hydrogen) atoms. The Bertz CT molecular complexity index is 1580. The number of allylic oxidation sites excluding steroid dienone is 3. The van der Waals surface area contributed by atoms with Gasteiger partial charge in [0.1, 0.15) is 73.2 Å². The Labute approximate surface area is 486 Å². The first-order chi connectivity index (χ1) is 39.3. The van der Waals surface area contributed by atoms with Gasteiger partial charge in [-0.15, -0.1) is 0 Å². The second-order valence-corrected chi connectivity index (χ2v) is 23.2. The van der Waals surface area contributed by atoms with E-state index in [0.29, 0.717) is 6.42 Å². The Morgan fingerprint density at radius 1 is 0.432 bits per heavy atom. The van der Waals surface area contributed by atoms with Crippen LogP contribution in [-0.2, 0) is 33.2 Å². The van der Waals surface area contributed by atoms with Crippen molar-refractivity contribution >= 4 is 5.91 Å². The maximum Gasteiger partial charge on any atom is 0.220 e. The maximum absolute atomic E-state index is 13.3. The fraction of sp³-hybridized carbons (Fsp3) is 0.919. The third-order valence-corrected chi connectivity index (χ3v) is 16.2. The number of amides is 1. The van der Waals surface area contributed by atoms with Gasteiger partial charge < -0.3 is 89.9 Å². The number of hydrogen-bond acceptors (Lipinski definition) is 18. The topological polar surface area (TPSA) is 307 Å². The molecule has 0 aromatic carbocycles. The lowest BCUT2D eigenvalue weighted by Crippen LogP contribution is -2.66. The summed E-state index contributed by atoms with van der Waals surface area (Å²) < 4.78 is 34.2. The normalized spacial score (nSPS) is 29.9. The summed E-state index contributed by atoms with van der Waals surface area (Å²) in [5.74, 6) is -0.275. The van der Waals surface area contributed by atoms with E-state index in [1.807, 2.05) is 6.08 Å². The fourth-order valence-electron chi connectivity index (χ4n) is 11.0. The SMILES string of the molecule is CCCCCCCCCC/C=C\CCCCCCCCCCCCCCCC(=O)NC(COC1OC(CO)C(OC2OC(CO)C(OC3OC(CO)C(O)C(O)C3O)C(O)C2O)C(O)C1O)C(O)/C=C/CCCCCCCCCCC. The summed E-state index contributed by atoms with van der Waals surface area (Å²) in [4.78, 5) is 13.3. The van der Waals surface area contributed by atoms with Crippen LogP contribution >= 0.6 is 0 Å². The van der Waals surface area contributed by atoms with Crippen LogP contribution in [0.2, 0.25) is 0 Å². The standard InChI is InChI=1S/C62H115NO18/c1-3-5-7-9-11-13-15-16-17-18-19-20-21-22-23-24-25-26-27-28-30-32-34-36-38-40-50(68)63-45(46(67)39-37-35-33-31-29-14-12-10-8-6-4-2)44-76-60-56(74)53(71)58(48(42-65)78-60)81-62-57(75)54(72)59(49(43-66)79-62)80-61-55(73)52(70)51(69)47(41-64)77-61/h18-19,37,39,45-49,51-62,64-67,69-75H,3-17,20-36,38,40-44H2,1-2H3,(H,63,68)/b19-18-,39-37+. The van der Waals surface area contributed by atoms with E-state index < -0.39 is 124 Å². The van der Waals surface area contributed by atoms with Gasteiger partial charge in [0.15, 0.2) is 18.9 Å². The molecule has 0 aromatic rings. The van der Waals surface area contributed by atoms with Crippen molar-refractivity contribution in [1.82, 2.24) is 5.32 Å². The molecule has 0 saturated carbocycles. The van der Waals surface area contributed by atoms with Crippen LogP contribution in [0, 0.1) is 0 Å². The van der Waals surface area contributed by atoms with Crippen LogP contribution in [0.1, 0.15) is 232 Å². The summed E-state index contributed by atoms with van der Waals surface area (Å²) in [6, 6.07) is -0.969. The summed E-state index contributed by atoms with van der Waals surface area (Å²) in [7, 11) is 0. The highest BCUT2D eigenvalue weighted by atomic mass is 16.8. The van der Waals surface area contributed by atoms with Gasteiger partial charge in [-0.25, -0.2) is 0 Å². The second-order valence-electron chi connectivity index (χ2n) is 23.2. The van der Waals surface area contributed by atoms with Crippen molar-refractivity contribution in [1.29, 1.82) is 0 Å². The average Bonchev–Trinajstić information content (AvgIpc) is 3.51. The number of aliphatic hydroxyl groups is 11. The molecule has 0 spiro atoms. The molecular weight excluding hydrogens is 1050 g/mol. The third kappa shape index (κ3) is 29.0. The zero-order chi connectivity index (χ0) is 59.0. The van der Waals surface area contributed by atoms with Crippen LogP contribution in [0.15, 0.2) is 24.3 Å². The van der Waals surface area contributed by atoms with Crippen molar-refractivity contribution in [3.8, 4) is 0 Å². The summed E-state index contributed by atoms with van der Waals surface area (Å²) in [6.07, 6.45) is 21.7. The van der Waals surface area contributed by atoms with Gasteiger partial charge in [-0.05, 0) is 44.9 Å². The van der Waals surface area contributed by atoms with Gasteiger partial charge in [0.25, 0.3) is 0 Å². The second kappa shape index (κ2) is 45.6. The molecule has 0 bridgehead atoms. The van der Waals surface area contributed by atoms with E-state index in [4.69, 9.17) is 28.4 Å². The quantitative estimate of drug-likeness (QED) is 0.0222. The van der Waals surface area contributed by atoms with Crippen molar-refractivity contribution in [2.75, 3.05) is 26.4 Å². The number of carbonyl (C=O) groups excluding carboxylic acids is 1. The molecule has 476 valence electrons. The number of unbranched alkanes of at least 4 members (excludes halogenated alkanes) is 30. The fourth-order valence-corrected chi connectivity index (χ4v) is 11.0. The molecule has 3 heterocycles. The van der Waals surface area contributed by atoms with E-state index in [2.05, 4.69) is 31.3 Å². The largest absolute Gasteiger partial charge is 0.394 e. The molecule has 1 amide bonds. The van der Waals surface area contributed by atoms with E-state index in [9.17, 15) is 61.0 Å². The smallest absolute Gasteiger partial charge is 0.220 e. The lowest BCUT2D eigenvalue weighted by Gasteiger charge is -2.48. The minimum absolute atomic E-state index is 0.245. The summed E-state index contributed by atoms with van der Waals surface area (Å²) in [5.41, 5.74) is 0. The van der Waals surface area contributed by atoms with Gasteiger partial charge in [-0.2, -0.15) is 0 Å². The highest BCUT2D eigenvalue weighted by Crippen LogP contribution is 2.33. The Hall–Kier alpha value is -1.73. The number of ether oxygens (including phenoxy) is 6. The lowest BCUT2D eigenvalue weighted by atomic mass is 9.96. The van der Waals surface area contributed by atoms with Gasteiger partial charge in [0, 0.05) is 6.42 Å². The molecule has 19 heteroatoms. The molecule has 0 aromatic heterocycles. The minimum atomic E-state index is -1.98. The minimum Gasteiger partial charge on any atom is -0.394 e. The van der Waals surface area contributed by atoms with E-state index >= 15 is 0 Å². The first-order valence-corrected chi connectivity index (χ1v) is 32.1. The highest BCUT2D eigenvalue weighted by molar-refractivity contribution is 5.76. The van der Waals surface area contributed by atoms with Gasteiger partial charge in [0.05, 0.1) is 38.6 Å². The van der Waals surface area contributed by atoms with Crippen LogP contribution in [0.25, 0.3) is 0 Å². The van der Waals surface area contributed by atoms with E-state index in [0.717, 1.165) is 44.9 Å². The number of carbonyl (C=O) groups is 1. The lowest BCUT2D eigenvalue weighted by molar-refractivity contribution is -0.379. The zero-order valence-corrected chi connectivity index (χ0v) is 49.8. The van der Waals surface area contributed by atoms with Gasteiger partial charge in [-0.3, -0.25) is 4.79 Å². The van der Waals surface area contributed by atoms with Gasteiger partial charge in [-0.1, -0.05) is 205 Å². The van der Waals surface area contributed by atoms with Crippen LogP contribution in [0.4, 0.5) is 0 Å². The molecule has 12 N–H and O–H groups in total. The van der Waals surface area contributed by atoms with Crippen LogP contribution < -0.4 is 5.32 Å². The zero-order valence-electron chi connectivity index (χ0n) is 49.8. The Morgan fingerprint density at radius 2 is 0.778 bits per heavy atom. The summed E-state index contributed by atoms with van der Waals surface area (Å²) >= 11 is 0. The average molecular weight is 1160 g/mol. The van der Waals surface area contributed by atoms with Crippen molar-refractivity contribution in [3.05, 3.63) is 24.3 Å². The van der Waals surface area contributed by atoms with E-state index in [-0.39, 0.29) is 18.9 Å². The molecule has 3 aliphatic heterocycles. The van der Waals surface area contributed by atoms with Crippen molar-refractivity contribution < 1.29 is 89.4 Å². The third-order valence-electron chi connectivity index (χ3n) is 16.2. The van der Waals surface area contributed by atoms with Crippen LogP contribution in [-0.4, -0.2) is 193 Å². The van der Waals surface area contributed by atoms with Gasteiger partial charge in [0.2, 0.25) is 5.91 Å². The van der Waals surface area contributed by atoms with Crippen LogP contribution in [0.3, 0.4) is 0 Å². The number of aliphatic hydroxyl groups excluding tert-OH is 11. The van der Waals surface area contributed by atoms with Crippen LogP contribution in [0.5, 0.6) is 0 Å². The summed E-state index contributed by atoms with van der Waals surface area (Å²) in [6.45, 7) is 1.71. The van der Waals surface area contributed by atoms with Crippen molar-refractivity contribution in [2.24, 2.45) is 0 Å². The molecule has 3 rings (SSSR count). The van der Waals surface area contributed by atoms with E-state index in [1.54, 1.807) is 6.08 Å². The Morgan fingerprint density at radius 3 is 1.20 bits per heavy atom. The molecule has 0 radical (unpaired) electrons. The Kier molecular flexibility index (Phi) is 41.4. The molecule has 3 aliphatic rings. The van der Waals surface area contributed by atoms with Crippen molar-refractivity contribution in [2.45, 2.75) is 336 Å². The first-order valence-electron chi connectivity index (χ1n) is 32.1. The molecule has 0 aliphatic carbocycles. The molecule has 3 saturated heterocycles. The molecule has 3 fully saturated rings. The molecule has 17 atom stereocenters. The van der Waals surface area contributed by atoms with E-state index in [1.165, 1.54) is 161 Å². The number of hydrogen-bond donors (Lipinski definition) is 12. The Balaban J connectivity index is 1.42. The molecular formula is C62H115NO18. The number of rotatable bonds is 48. The molecule has 19 nitrogen and oxygen atoms in total. The predicted molar refractivity (Wildman–Crippen MR) is 310 cm³/mol. The first kappa shape index (κ1) is 73.5.